The summed E-state index contributed by atoms with van der Waals surface area (Å²) in [6.07, 6.45) is 8.79. The molecule has 1 aromatic rings. The van der Waals surface area contributed by atoms with Crippen molar-refractivity contribution >= 4 is 17.7 Å². The van der Waals surface area contributed by atoms with Crippen molar-refractivity contribution in [2.24, 2.45) is 11.7 Å². The number of anilines is 2. The number of hydrogen-bond acceptors (Lipinski definition) is 7. The van der Waals surface area contributed by atoms with E-state index in [0.717, 1.165) is 44.9 Å². The fourth-order valence-electron chi connectivity index (χ4n) is 3.99. The van der Waals surface area contributed by atoms with E-state index in [1.54, 1.807) is 7.11 Å². The summed E-state index contributed by atoms with van der Waals surface area (Å²) in [5.74, 6) is 0.562. The highest BCUT2D eigenvalue weighted by Gasteiger charge is 2.28. The van der Waals surface area contributed by atoms with Gasteiger partial charge in [0.25, 0.3) is 5.91 Å². The number of carbonyl (C=O) groups is 1. The lowest BCUT2D eigenvalue weighted by Gasteiger charge is -2.28. The van der Waals surface area contributed by atoms with Crippen LogP contribution in [0.3, 0.4) is 0 Å². The Hall–Kier alpha value is -1.93. The van der Waals surface area contributed by atoms with Gasteiger partial charge in [-0.3, -0.25) is 4.79 Å². The number of nitrogens with zero attached hydrogens (tertiary/aromatic N) is 2. The van der Waals surface area contributed by atoms with E-state index >= 15 is 0 Å². The van der Waals surface area contributed by atoms with Gasteiger partial charge < -0.3 is 26.2 Å². The third-order valence-electron chi connectivity index (χ3n) is 5.61. The minimum Gasteiger partial charge on any atom is -0.396 e. The van der Waals surface area contributed by atoms with Crippen LogP contribution in [0.1, 0.15) is 55.3 Å². The molecule has 26 heavy (non-hydrogen) atoms. The Kier molecular flexibility index (Phi) is 6.26. The van der Waals surface area contributed by atoms with E-state index in [0.29, 0.717) is 23.9 Å². The highest BCUT2D eigenvalue weighted by Crippen LogP contribution is 2.29. The topological polar surface area (TPSA) is 122 Å². The van der Waals surface area contributed by atoms with Crippen molar-refractivity contribution in [2.75, 3.05) is 24.4 Å². The predicted octanol–water partition coefficient (Wildman–Crippen LogP) is 1.52. The maximum atomic E-state index is 11.7. The van der Waals surface area contributed by atoms with Crippen LogP contribution in [0, 0.1) is 5.92 Å². The van der Waals surface area contributed by atoms with Crippen molar-refractivity contribution < 1.29 is 14.6 Å². The zero-order valence-electron chi connectivity index (χ0n) is 15.3. The van der Waals surface area contributed by atoms with Crippen molar-refractivity contribution in [2.45, 2.75) is 63.1 Å². The molecule has 8 nitrogen and oxygen atoms in total. The molecule has 0 unspecified atom stereocenters. The lowest BCUT2D eigenvalue weighted by molar-refractivity contribution is 0.0681. The number of rotatable bonds is 7. The molecule has 5 N–H and O–H groups in total. The van der Waals surface area contributed by atoms with Crippen LogP contribution in [0.2, 0.25) is 0 Å². The van der Waals surface area contributed by atoms with Crippen LogP contribution in [-0.4, -0.2) is 52.9 Å². The molecule has 0 aliphatic heterocycles. The summed E-state index contributed by atoms with van der Waals surface area (Å²) >= 11 is 0. The monoisotopic (exact) mass is 363 g/mol. The van der Waals surface area contributed by atoms with Gasteiger partial charge in [0.15, 0.2) is 0 Å². The Morgan fingerprint density at radius 2 is 2.04 bits per heavy atom. The normalized spacial score (nSPS) is 28.7. The Balaban J connectivity index is 1.71. The van der Waals surface area contributed by atoms with Gasteiger partial charge in [-0.25, -0.2) is 4.98 Å². The van der Waals surface area contributed by atoms with E-state index in [9.17, 15) is 9.90 Å². The molecule has 8 heteroatoms. The summed E-state index contributed by atoms with van der Waals surface area (Å²) < 4.78 is 5.41. The first-order valence-electron chi connectivity index (χ1n) is 9.44. The molecule has 2 atom stereocenters. The smallest absolute Gasteiger partial charge is 0.254 e. The Morgan fingerprint density at radius 1 is 1.27 bits per heavy atom. The maximum absolute atomic E-state index is 11.7. The fraction of sp³-hybridized carbons (Fsp3) is 0.722. The number of nitrogens with one attached hydrogen (secondary N) is 2. The fourth-order valence-corrected chi connectivity index (χ4v) is 3.99. The second-order valence-corrected chi connectivity index (χ2v) is 7.30. The van der Waals surface area contributed by atoms with Crippen molar-refractivity contribution in [3.05, 3.63) is 11.8 Å². The number of methoxy groups -OCH3 is 1. The average Bonchev–Trinajstić information content (AvgIpc) is 3.09. The van der Waals surface area contributed by atoms with Gasteiger partial charge in [0.2, 0.25) is 5.95 Å². The molecule has 1 amide bonds. The molecule has 0 aromatic carbocycles. The van der Waals surface area contributed by atoms with Gasteiger partial charge in [0.05, 0.1) is 11.7 Å². The molecule has 3 rings (SSSR count). The van der Waals surface area contributed by atoms with Crippen LogP contribution in [0.25, 0.3) is 0 Å². The number of aliphatic hydroxyl groups excluding tert-OH is 1. The molecule has 2 aliphatic carbocycles. The lowest BCUT2D eigenvalue weighted by Crippen LogP contribution is -2.31. The van der Waals surface area contributed by atoms with Crippen molar-refractivity contribution in [3.63, 3.8) is 0 Å². The first kappa shape index (κ1) is 18.8. The van der Waals surface area contributed by atoms with Gasteiger partial charge in [-0.2, -0.15) is 4.98 Å². The van der Waals surface area contributed by atoms with E-state index in [1.165, 1.54) is 6.20 Å². The van der Waals surface area contributed by atoms with E-state index in [4.69, 9.17) is 10.5 Å². The highest BCUT2D eigenvalue weighted by molar-refractivity contribution is 5.97. The predicted molar refractivity (Wildman–Crippen MR) is 99.1 cm³/mol. The zero-order chi connectivity index (χ0) is 18.5. The van der Waals surface area contributed by atoms with Crippen LogP contribution < -0.4 is 16.4 Å². The van der Waals surface area contributed by atoms with Crippen LogP contribution in [0.15, 0.2) is 6.20 Å². The van der Waals surface area contributed by atoms with E-state index in [1.807, 2.05) is 0 Å². The third-order valence-corrected chi connectivity index (χ3v) is 5.61. The maximum Gasteiger partial charge on any atom is 0.254 e. The number of carbonyl (C=O) groups excluding carboxylic acids is 1. The summed E-state index contributed by atoms with van der Waals surface area (Å²) in [7, 11) is 1.75. The summed E-state index contributed by atoms with van der Waals surface area (Å²) in [5.41, 5.74) is 5.76. The van der Waals surface area contributed by atoms with Crippen LogP contribution >= 0.6 is 0 Å². The van der Waals surface area contributed by atoms with E-state index in [-0.39, 0.29) is 24.1 Å². The molecule has 1 heterocycles. The van der Waals surface area contributed by atoms with Crippen LogP contribution in [0.4, 0.5) is 11.8 Å². The molecule has 0 spiro atoms. The zero-order valence-corrected chi connectivity index (χ0v) is 15.3. The minimum absolute atomic E-state index is 0.0954. The van der Waals surface area contributed by atoms with Crippen LogP contribution in [-0.2, 0) is 4.74 Å². The number of aliphatic hydroxyl groups is 1. The summed E-state index contributed by atoms with van der Waals surface area (Å²) in [6, 6.07) is 0.392. The van der Waals surface area contributed by atoms with Gasteiger partial charge >= 0.3 is 0 Å². The van der Waals surface area contributed by atoms with Gasteiger partial charge in [-0.1, -0.05) is 6.42 Å². The van der Waals surface area contributed by atoms with Crippen molar-refractivity contribution in [1.82, 2.24) is 9.97 Å². The molecule has 1 aromatic heterocycles. The summed E-state index contributed by atoms with van der Waals surface area (Å²) in [4.78, 5) is 20.5. The number of aromatic nitrogens is 2. The molecule has 144 valence electrons. The SMILES string of the molecule is COC1CCC(Nc2ncc(C(N)=O)c(N[C@@H]3CCC[C@H]3CO)n2)CC1. The molecular formula is C18H29N5O3. The van der Waals surface area contributed by atoms with Crippen molar-refractivity contribution in [3.8, 4) is 0 Å². The van der Waals surface area contributed by atoms with E-state index < -0.39 is 5.91 Å². The second kappa shape index (κ2) is 8.64. The molecule has 0 radical (unpaired) electrons. The van der Waals surface area contributed by atoms with Gasteiger partial charge in [-0.15, -0.1) is 0 Å². The van der Waals surface area contributed by atoms with E-state index in [2.05, 4.69) is 20.6 Å². The Morgan fingerprint density at radius 3 is 2.69 bits per heavy atom. The first-order chi connectivity index (χ1) is 12.6. The standard InChI is InChI=1S/C18H29N5O3/c1-26-13-7-5-12(6-8-13)21-18-20-9-14(16(19)25)17(23-18)22-15-4-2-3-11(15)10-24/h9,11-13,15,24H,2-8,10H2,1H3,(H2,19,25)(H2,20,21,22,23)/t11-,12?,13?,15+/m0/s1. The Labute approximate surface area is 153 Å². The molecule has 2 aliphatic rings. The van der Waals surface area contributed by atoms with Crippen molar-refractivity contribution in [1.29, 1.82) is 0 Å². The number of ether oxygens (including phenoxy) is 1. The molecule has 0 bridgehead atoms. The number of hydrogen-bond donors (Lipinski definition) is 4. The van der Waals surface area contributed by atoms with Gasteiger partial charge in [0, 0.05) is 37.9 Å². The Bertz CT molecular complexity index is 619. The average molecular weight is 363 g/mol. The molecule has 2 saturated carbocycles. The number of nitrogens with two attached hydrogens (primary N) is 1. The lowest BCUT2D eigenvalue weighted by atomic mass is 9.93. The molecular weight excluding hydrogens is 334 g/mol. The minimum atomic E-state index is -0.557. The first-order valence-corrected chi connectivity index (χ1v) is 9.44. The third kappa shape index (κ3) is 4.42. The van der Waals surface area contributed by atoms with Crippen LogP contribution in [0.5, 0.6) is 0 Å². The van der Waals surface area contributed by atoms with Gasteiger partial charge in [-0.05, 0) is 38.5 Å². The highest BCUT2D eigenvalue weighted by atomic mass is 16.5. The second-order valence-electron chi connectivity index (χ2n) is 7.30. The largest absolute Gasteiger partial charge is 0.396 e. The molecule has 0 saturated heterocycles. The summed E-state index contributed by atoms with van der Waals surface area (Å²) in [6.45, 7) is 0.127. The summed E-state index contributed by atoms with van der Waals surface area (Å²) in [5, 5.41) is 16.2. The number of amides is 1. The molecule has 2 fully saturated rings. The quantitative estimate of drug-likeness (QED) is 0.579. The number of primary amides is 1. The van der Waals surface area contributed by atoms with Gasteiger partial charge in [0.1, 0.15) is 5.82 Å².